The fourth-order valence-corrected chi connectivity index (χ4v) is 4.77. The van der Waals surface area contributed by atoms with E-state index in [-0.39, 0.29) is 33.8 Å². The van der Waals surface area contributed by atoms with Crippen LogP contribution in [-0.4, -0.2) is 0 Å². The Hall–Kier alpha value is -6.54. The number of hydrogen-bond donors (Lipinski definition) is 0. The third kappa shape index (κ3) is 6.30. The van der Waals surface area contributed by atoms with Gasteiger partial charge in [-0.05, 0) is 60.2 Å². The molecule has 0 aromatic heterocycles. The van der Waals surface area contributed by atoms with Gasteiger partial charge in [-0.2, -0.15) is 21.0 Å². The molecule has 0 amide bonds. The summed E-state index contributed by atoms with van der Waals surface area (Å²) in [5.74, 6) is 0.970. The van der Waals surface area contributed by atoms with Crippen molar-refractivity contribution in [3.8, 4) is 24.3 Å². The zero-order valence-electron chi connectivity index (χ0n) is 24.9. The quantitative estimate of drug-likeness (QED) is 0.274. The van der Waals surface area contributed by atoms with E-state index in [2.05, 4.69) is 29.2 Å². The molecule has 7 heteroatoms. The highest BCUT2D eigenvalue weighted by molar-refractivity contribution is 5.77. The first-order chi connectivity index (χ1) is 21.8. The fraction of sp³-hybridized carbons (Fsp3) is 0.105. The predicted molar refractivity (Wildman–Crippen MR) is 171 cm³/mol. The summed E-state index contributed by atoms with van der Waals surface area (Å²) in [5, 5.41) is 39.0. The van der Waals surface area contributed by atoms with E-state index in [0.717, 1.165) is 22.6 Å². The molecule has 5 rings (SSSR count). The first-order valence-electron chi connectivity index (χ1n) is 14.1. The Morgan fingerprint density at radius 2 is 1.07 bits per heavy atom. The van der Waals surface area contributed by atoms with Gasteiger partial charge in [0.1, 0.15) is 46.9 Å². The van der Waals surface area contributed by atoms with Crippen LogP contribution in [0.1, 0.15) is 26.3 Å². The third-order valence-corrected chi connectivity index (χ3v) is 7.03. The second kappa shape index (κ2) is 12.8. The molecule has 0 saturated heterocycles. The average Bonchev–Trinajstić information content (AvgIpc) is 3.06. The number of para-hydroxylation sites is 2. The van der Waals surface area contributed by atoms with Gasteiger partial charge in [0, 0.05) is 22.5 Å². The summed E-state index contributed by atoms with van der Waals surface area (Å²) >= 11 is 0. The summed E-state index contributed by atoms with van der Waals surface area (Å²) in [4.78, 5) is 2.16. The van der Waals surface area contributed by atoms with Crippen molar-refractivity contribution in [2.24, 2.45) is 5.41 Å². The van der Waals surface area contributed by atoms with Crippen LogP contribution < -0.4 is 4.90 Å². The lowest BCUT2D eigenvalue weighted by molar-refractivity contribution is 0.187. The van der Waals surface area contributed by atoms with Crippen molar-refractivity contribution < 1.29 is 9.47 Å². The van der Waals surface area contributed by atoms with E-state index in [1.54, 1.807) is 18.2 Å². The van der Waals surface area contributed by atoms with Gasteiger partial charge in [-0.1, -0.05) is 75.4 Å². The molecule has 0 atom stereocenters. The molecule has 2 aliphatic rings. The van der Waals surface area contributed by atoms with E-state index in [1.807, 2.05) is 112 Å². The van der Waals surface area contributed by atoms with Gasteiger partial charge in [0.15, 0.2) is 11.5 Å². The van der Waals surface area contributed by atoms with E-state index in [1.165, 1.54) is 0 Å². The molecular weight excluding hydrogens is 558 g/mol. The average molecular weight is 586 g/mol. The lowest BCUT2D eigenvalue weighted by atomic mass is 9.88. The van der Waals surface area contributed by atoms with E-state index in [9.17, 15) is 21.0 Å². The monoisotopic (exact) mass is 585 g/mol. The van der Waals surface area contributed by atoms with Gasteiger partial charge in [0.2, 0.25) is 0 Å². The van der Waals surface area contributed by atoms with Crippen LogP contribution in [0.4, 0.5) is 17.1 Å². The van der Waals surface area contributed by atoms with E-state index in [4.69, 9.17) is 9.47 Å². The minimum absolute atomic E-state index is 0.0953. The van der Waals surface area contributed by atoms with Gasteiger partial charge >= 0.3 is 0 Å². The van der Waals surface area contributed by atoms with Crippen molar-refractivity contribution in [3.63, 3.8) is 0 Å². The van der Waals surface area contributed by atoms with Crippen LogP contribution in [-0.2, 0) is 9.47 Å². The number of rotatable bonds is 5. The Labute approximate surface area is 262 Å². The van der Waals surface area contributed by atoms with Gasteiger partial charge < -0.3 is 14.4 Å². The van der Waals surface area contributed by atoms with Crippen molar-refractivity contribution in [3.05, 3.63) is 154 Å². The van der Waals surface area contributed by atoms with Gasteiger partial charge in [-0.25, -0.2) is 0 Å². The Morgan fingerprint density at radius 3 is 1.56 bits per heavy atom. The van der Waals surface area contributed by atoms with Gasteiger partial charge in [-0.3, -0.25) is 0 Å². The SMILES string of the molecule is CC(C)(C)C1=CC(=C(C#N)C#N)C2=C(O1)C(=C(C#N)C#N)C=C(/C=C/c1ccc(N(c3ccccc3)c3ccccc3)cc1)O2. The lowest BCUT2D eigenvalue weighted by Gasteiger charge is -2.32. The van der Waals surface area contributed by atoms with Crippen LogP contribution in [0, 0.1) is 50.7 Å². The Balaban J connectivity index is 1.51. The standard InChI is InChI=1S/C38H27N5O2/c1-38(2,3)35-21-34(28(24-41)25-42)36-37(45-35)33(27(22-39)23-40)20-32(44-36)19-16-26-14-17-31(18-15-26)43(29-10-6-4-7-11-29)30-12-8-5-9-13-30/h4-21H,1-3H3/b19-16+. The summed E-state index contributed by atoms with van der Waals surface area (Å²) in [6.07, 6.45) is 6.70. The van der Waals surface area contributed by atoms with Crippen molar-refractivity contribution in [2.75, 3.05) is 4.90 Å². The van der Waals surface area contributed by atoms with Crippen LogP contribution in [0.2, 0.25) is 0 Å². The minimum atomic E-state index is -0.503. The summed E-state index contributed by atoms with van der Waals surface area (Å²) in [7, 11) is 0. The van der Waals surface area contributed by atoms with Crippen LogP contribution in [0.5, 0.6) is 0 Å². The minimum Gasteiger partial charge on any atom is -0.456 e. The maximum Gasteiger partial charge on any atom is 0.180 e. The molecule has 0 bridgehead atoms. The number of benzene rings is 3. The highest BCUT2D eigenvalue weighted by Crippen LogP contribution is 2.44. The Bertz CT molecular complexity index is 1920. The summed E-state index contributed by atoms with van der Waals surface area (Å²) in [6, 6.07) is 35.9. The largest absolute Gasteiger partial charge is 0.456 e. The van der Waals surface area contributed by atoms with Crippen LogP contribution in [0.15, 0.2) is 148 Å². The summed E-state index contributed by atoms with van der Waals surface area (Å²) < 4.78 is 12.4. The highest BCUT2D eigenvalue weighted by Gasteiger charge is 2.35. The Morgan fingerprint density at radius 1 is 0.600 bits per heavy atom. The molecule has 0 spiro atoms. The zero-order chi connectivity index (χ0) is 32.0. The van der Waals surface area contributed by atoms with Crippen LogP contribution >= 0.6 is 0 Å². The third-order valence-electron chi connectivity index (χ3n) is 7.03. The van der Waals surface area contributed by atoms with E-state index >= 15 is 0 Å². The van der Waals surface area contributed by atoms with Crippen molar-refractivity contribution in [1.29, 1.82) is 21.0 Å². The number of anilines is 3. The molecule has 7 nitrogen and oxygen atoms in total. The zero-order valence-corrected chi connectivity index (χ0v) is 24.9. The van der Waals surface area contributed by atoms with E-state index < -0.39 is 5.41 Å². The molecule has 0 N–H and O–H groups in total. The molecule has 0 radical (unpaired) electrons. The first kappa shape index (κ1) is 29.9. The second-order valence-corrected chi connectivity index (χ2v) is 11.1. The number of allylic oxidation sites excluding steroid dienone is 6. The summed E-state index contributed by atoms with van der Waals surface area (Å²) in [5.41, 5.74) is 3.47. The normalized spacial score (nSPS) is 13.9. The maximum atomic E-state index is 9.76. The molecule has 0 aliphatic carbocycles. The first-order valence-corrected chi connectivity index (χ1v) is 14.1. The van der Waals surface area contributed by atoms with Crippen molar-refractivity contribution in [2.45, 2.75) is 20.8 Å². The summed E-state index contributed by atoms with van der Waals surface area (Å²) in [6.45, 7) is 5.74. The molecule has 0 saturated carbocycles. The van der Waals surface area contributed by atoms with Crippen molar-refractivity contribution >= 4 is 23.1 Å². The van der Waals surface area contributed by atoms with Crippen LogP contribution in [0.3, 0.4) is 0 Å². The number of nitriles is 4. The Kier molecular flexibility index (Phi) is 8.49. The highest BCUT2D eigenvalue weighted by atomic mass is 16.5. The second-order valence-electron chi connectivity index (χ2n) is 11.1. The number of ether oxygens (including phenoxy) is 2. The molecule has 216 valence electrons. The smallest absolute Gasteiger partial charge is 0.180 e. The van der Waals surface area contributed by atoms with Gasteiger partial charge in [0.05, 0.1) is 11.1 Å². The molecule has 2 aliphatic heterocycles. The fourth-order valence-electron chi connectivity index (χ4n) is 4.77. The van der Waals surface area contributed by atoms with Crippen molar-refractivity contribution in [1.82, 2.24) is 0 Å². The van der Waals surface area contributed by atoms with E-state index in [0.29, 0.717) is 11.5 Å². The van der Waals surface area contributed by atoms with Gasteiger partial charge in [0.25, 0.3) is 0 Å². The molecule has 0 unspecified atom stereocenters. The molecule has 3 aromatic carbocycles. The van der Waals surface area contributed by atoms with Crippen LogP contribution in [0.25, 0.3) is 6.08 Å². The number of nitrogens with zero attached hydrogens (tertiary/aromatic N) is 5. The molecule has 0 fully saturated rings. The lowest BCUT2D eigenvalue weighted by Crippen LogP contribution is -2.21. The van der Waals surface area contributed by atoms with Gasteiger partial charge in [-0.15, -0.1) is 0 Å². The molecule has 3 aromatic rings. The topological polar surface area (TPSA) is 117 Å². The molecule has 45 heavy (non-hydrogen) atoms. The molecule has 2 heterocycles. The number of hydrogen-bond acceptors (Lipinski definition) is 7. The predicted octanol–water partition coefficient (Wildman–Crippen LogP) is 8.94. The molecular formula is C38H27N5O2. The maximum absolute atomic E-state index is 9.76.